The van der Waals surface area contributed by atoms with E-state index in [0.717, 1.165) is 6.07 Å². The van der Waals surface area contributed by atoms with Gasteiger partial charge in [0, 0.05) is 38.4 Å². The molecule has 0 atom stereocenters. The summed E-state index contributed by atoms with van der Waals surface area (Å²) in [5, 5.41) is 0. The molecule has 5 nitrogen and oxygen atoms in total. The van der Waals surface area contributed by atoms with Gasteiger partial charge >= 0.3 is 6.18 Å². The van der Waals surface area contributed by atoms with E-state index in [1.54, 1.807) is 27.7 Å². The normalized spacial score (nSPS) is 15.3. The Kier molecular flexibility index (Phi) is 5.77. The summed E-state index contributed by atoms with van der Waals surface area (Å²) in [6.07, 6.45) is -1.39. The monoisotopic (exact) mass is 432 g/mol. The van der Waals surface area contributed by atoms with Gasteiger partial charge in [0.15, 0.2) is 0 Å². The van der Waals surface area contributed by atoms with Crippen LogP contribution in [0, 0.1) is 5.82 Å². The maximum atomic E-state index is 13.2. The Balaban J connectivity index is 1.39. The number of alkyl halides is 3. The van der Waals surface area contributed by atoms with E-state index >= 15 is 0 Å². The molecule has 1 saturated heterocycles. The number of amides is 1. The molecule has 0 N–H and O–H groups in total. The van der Waals surface area contributed by atoms with Gasteiger partial charge in [-0.05, 0) is 35.9 Å². The molecular weight excluding hydrogens is 412 g/mol. The van der Waals surface area contributed by atoms with Gasteiger partial charge in [-0.25, -0.2) is 9.37 Å². The highest BCUT2D eigenvalue weighted by molar-refractivity contribution is 5.93. The largest absolute Gasteiger partial charge is 0.416 e. The first-order chi connectivity index (χ1) is 14.8. The fourth-order valence-corrected chi connectivity index (χ4v) is 3.64. The average molecular weight is 432 g/mol. The van der Waals surface area contributed by atoms with Crippen molar-refractivity contribution in [2.24, 2.45) is 0 Å². The number of carbonyl (C=O) groups excluding carboxylic acids is 1. The first-order valence-corrected chi connectivity index (χ1v) is 9.77. The minimum absolute atomic E-state index is 0.194. The summed E-state index contributed by atoms with van der Waals surface area (Å²) < 4.78 is 53.5. The third-order valence-corrected chi connectivity index (χ3v) is 5.28. The zero-order valence-corrected chi connectivity index (χ0v) is 16.5. The van der Waals surface area contributed by atoms with Crippen LogP contribution < -0.4 is 0 Å². The van der Waals surface area contributed by atoms with Crippen LogP contribution in [0.25, 0.3) is 5.69 Å². The van der Waals surface area contributed by atoms with Gasteiger partial charge in [0.25, 0.3) is 5.91 Å². The topological polar surface area (TPSA) is 41.4 Å². The molecule has 162 valence electrons. The Morgan fingerprint density at radius 3 is 2.39 bits per heavy atom. The fourth-order valence-electron chi connectivity index (χ4n) is 3.64. The summed E-state index contributed by atoms with van der Waals surface area (Å²) in [6, 6.07) is 11.1. The second kappa shape index (κ2) is 8.50. The van der Waals surface area contributed by atoms with Gasteiger partial charge in [-0.2, -0.15) is 13.2 Å². The van der Waals surface area contributed by atoms with E-state index in [1.165, 1.54) is 36.8 Å². The van der Waals surface area contributed by atoms with Gasteiger partial charge in [0.1, 0.15) is 11.5 Å². The van der Waals surface area contributed by atoms with Gasteiger partial charge in [0.2, 0.25) is 0 Å². The van der Waals surface area contributed by atoms with Gasteiger partial charge in [-0.15, -0.1) is 0 Å². The number of benzene rings is 2. The van der Waals surface area contributed by atoms with Crippen molar-refractivity contribution in [1.29, 1.82) is 0 Å². The van der Waals surface area contributed by atoms with Crippen molar-refractivity contribution in [3.63, 3.8) is 0 Å². The van der Waals surface area contributed by atoms with Crippen LogP contribution >= 0.6 is 0 Å². The third-order valence-electron chi connectivity index (χ3n) is 5.28. The quantitative estimate of drug-likeness (QED) is 0.586. The predicted octanol–water partition coefficient (Wildman–Crippen LogP) is 3.99. The molecule has 2 aromatic carbocycles. The number of imidazole rings is 1. The van der Waals surface area contributed by atoms with E-state index in [0.29, 0.717) is 49.7 Å². The molecule has 1 aliphatic heterocycles. The lowest BCUT2D eigenvalue weighted by Gasteiger charge is -2.34. The summed E-state index contributed by atoms with van der Waals surface area (Å²) in [5.41, 5.74) is 0.931. The SMILES string of the molecule is O=C(c1cncn1-c1ccc(F)cc1)N1CCN(Cc2cccc(C(F)(F)F)c2)CC1. The van der Waals surface area contributed by atoms with Crippen LogP contribution in [0.3, 0.4) is 0 Å². The van der Waals surface area contributed by atoms with Crippen LogP contribution in [-0.2, 0) is 12.7 Å². The van der Waals surface area contributed by atoms with Crippen LogP contribution in [0.5, 0.6) is 0 Å². The molecule has 0 radical (unpaired) electrons. The molecule has 1 aromatic heterocycles. The Labute approximate surface area is 176 Å². The molecule has 1 amide bonds. The molecule has 3 aromatic rings. The van der Waals surface area contributed by atoms with Crippen LogP contribution in [0.4, 0.5) is 17.6 Å². The Morgan fingerprint density at radius 1 is 1.00 bits per heavy atom. The molecule has 4 rings (SSSR count). The highest BCUT2D eigenvalue weighted by Gasteiger charge is 2.31. The van der Waals surface area contributed by atoms with E-state index < -0.39 is 11.7 Å². The van der Waals surface area contributed by atoms with Crippen LogP contribution in [0.15, 0.2) is 61.1 Å². The highest BCUT2D eigenvalue weighted by atomic mass is 19.4. The molecule has 2 heterocycles. The van der Waals surface area contributed by atoms with E-state index in [-0.39, 0.29) is 11.7 Å². The number of rotatable bonds is 4. The summed E-state index contributed by atoms with van der Waals surface area (Å²) >= 11 is 0. The molecule has 0 saturated carbocycles. The summed E-state index contributed by atoms with van der Waals surface area (Å²) in [7, 11) is 0. The standard InChI is InChI=1S/C22H20F4N4O/c23-18-4-6-19(7-5-18)30-15-27-13-20(30)21(31)29-10-8-28(9-11-29)14-16-2-1-3-17(12-16)22(24,25)26/h1-7,12-13,15H,8-11,14H2. The molecular formula is C22H20F4N4O. The van der Waals surface area contributed by atoms with Gasteiger partial charge in [-0.3, -0.25) is 14.3 Å². The molecule has 0 spiro atoms. The summed E-state index contributed by atoms with van der Waals surface area (Å²) in [5.74, 6) is -0.561. The molecule has 0 aliphatic carbocycles. The number of piperazine rings is 1. The molecule has 1 aliphatic rings. The summed E-state index contributed by atoms with van der Waals surface area (Å²) in [4.78, 5) is 20.8. The van der Waals surface area contributed by atoms with Gasteiger partial charge in [0.05, 0.1) is 18.1 Å². The number of aromatic nitrogens is 2. The van der Waals surface area contributed by atoms with Crippen molar-refractivity contribution < 1.29 is 22.4 Å². The average Bonchev–Trinajstić information content (AvgIpc) is 3.24. The smallest absolute Gasteiger partial charge is 0.335 e. The number of hydrogen-bond acceptors (Lipinski definition) is 3. The second-order valence-corrected chi connectivity index (χ2v) is 7.39. The van der Waals surface area contributed by atoms with E-state index in [9.17, 15) is 22.4 Å². The molecule has 1 fully saturated rings. The van der Waals surface area contributed by atoms with Crippen molar-refractivity contribution >= 4 is 5.91 Å². The number of carbonyl (C=O) groups is 1. The first kappa shape index (κ1) is 21.0. The maximum absolute atomic E-state index is 13.2. The molecule has 31 heavy (non-hydrogen) atoms. The minimum Gasteiger partial charge on any atom is -0.335 e. The molecule has 9 heteroatoms. The molecule has 0 bridgehead atoms. The highest BCUT2D eigenvalue weighted by Crippen LogP contribution is 2.29. The third kappa shape index (κ3) is 4.77. The van der Waals surface area contributed by atoms with Crippen molar-refractivity contribution in [2.75, 3.05) is 26.2 Å². The fraction of sp³-hybridized carbons (Fsp3) is 0.273. The lowest BCUT2D eigenvalue weighted by molar-refractivity contribution is -0.137. The van der Waals surface area contributed by atoms with Crippen molar-refractivity contribution in [1.82, 2.24) is 19.4 Å². The lowest BCUT2D eigenvalue weighted by atomic mass is 10.1. The van der Waals surface area contributed by atoms with Crippen LogP contribution in [-0.4, -0.2) is 51.4 Å². The first-order valence-electron chi connectivity index (χ1n) is 9.77. The number of nitrogens with zero attached hydrogens (tertiary/aromatic N) is 4. The van der Waals surface area contributed by atoms with E-state index in [4.69, 9.17) is 0 Å². The minimum atomic E-state index is -4.37. The predicted molar refractivity (Wildman–Crippen MR) is 106 cm³/mol. The van der Waals surface area contributed by atoms with Crippen LogP contribution in [0.2, 0.25) is 0 Å². The molecule has 0 unspecified atom stereocenters. The van der Waals surface area contributed by atoms with Crippen LogP contribution in [0.1, 0.15) is 21.6 Å². The Morgan fingerprint density at radius 2 is 1.71 bits per heavy atom. The number of hydrogen-bond donors (Lipinski definition) is 0. The van der Waals surface area contributed by atoms with Crippen molar-refractivity contribution in [2.45, 2.75) is 12.7 Å². The maximum Gasteiger partial charge on any atom is 0.416 e. The summed E-state index contributed by atoms with van der Waals surface area (Å²) in [6.45, 7) is 2.39. The van der Waals surface area contributed by atoms with E-state index in [2.05, 4.69) is 4.98 Å². The lowest BCUT2D eigenvalue weighted by Crippen LogP contribution is -2.48. The number of halogens is 4. The Hall–Kier alpha value is -3.20. The Bertz CT molecular complexity index is 1050. The van der Waals surface area contributed by atoms with Gasteiger partial charge < -0.3 is 4.90 Å². The van der Waals surface area contributed by atoms with E-state index in [1.807, 2.05) is 4.90 Å². The van der Waals surface area contributed by atoms with Gasteiger partial charge in [-0.1, -0.05) is 18.2 Å². The zero-order chi connectivity index (χ0) is 22.0. The second-order valence-electron chi connectivity index (χ2n) is 7.39. The zero-order valence-electron chi connectivity index (χ0n) is 16.5. The van der Waals surface area contributed by atoms with Crippen molar-refractivity contribution in [3.8, 4) is 5.69 Å². The van der Waals surface area contributed by atoms with Crippen molar-refractivity contribution in [3.05, 3.63) is 83.7 Å².